The minimum Gasteiger partial charge on any atom is -0.493 e. The molecule has 1 atom stereocenters. The molecule has 0 unspecified atom stereocenters. The van der Waals surface area contributed by atoms with Crippen molar-refractivity contribution in [2.24, 2.45) is 0 Å². The van der Waals surface area contributed by atoms with Crippen molar-refractivity contribution in [3.63, 3.8) is 0 Å². The molecule has 1 aliphatic rings. The fourth-order valence-electron chi connectivity index (χ4n) is 3.15. The molecule has 8 heteroatoms. The summed E-state index contributed by atoms with van der Waals surface area (Å²) in [7, 11) is 1.42. The molecule has 1 heterocycles. The smallest absolute Gasteiger partial charge is 0.407 e. The molecule has 0 radical (unpaired) electrons. The number of ether oxygens (including phenoxy) is 3. The van der Waals surface area contributed by atoms with Crippen LogP contribution in [0.1, 0.15) is 19.3 Å². The average Bonchev–Trinajstić information content (AvgIpc) is 2.69. The van der Waals surface area contributed by atoms with Gasteiger partial charge in [-0.15, -0.1) is 0 Å². The topological polar surface area (TPSA) is 68.2 Å². The van der Waals surface area contributed by atoms with Gasteiger partial charge in [-0.25, -0.2) is 9.18 Å². The summed E-state index contributed by atoms with van der Waals surface area (Å²) in [6.45, 7) is 0.651. The van der Waals surface area contributed by atoms with E-state index >= 15 is 0 Å². The Kier molecular flexibility index (Phi) is 6.46. The Hall–Kier alpha value is -2.67. The predicted octanol–water partition coefficient (Wildman–Crippen LogP) is 5.19. The summed E-state index contributed by atoms with van der Waals surface area (Å²) in [5.74, 6) is 0.117. The molecule has 3 rings (SSSR count). The molecule has 2 aromatic carbocycles. The first-order valence-electron chi connectivity index (χ1n) is 8.92. The Labute approximate surface area is 167 Å². The maximum atomic E-state index is 14.2. The zero-order chi connectivity index (χ0) is 20.1. The summed E-state index contributed by atoms with van der Waals surface area (Å²) in [5.41, 5.74) is 0. The van der Waals surface area contributed by atoms with Crippen molar-refractivity contribution < 1.29 is 28.5 Å². The minimum absolute atomic E-state index is 0.0815. The molecule has 6 nitrogen and oxygen atoms in total. The lowest BCUT2D eigenvalue weighted by molar-refractivity contribution is 0.0831. The number of para-hydroxylation sites is 1. The third-order valence-electron chi connectivity index (χ3n) is 4.57. The first-order valence-corrected chi connectivity index (χ1v) is 9.29. The third kappa shape index (κ3) is 4.59. The highest BCUT2D eigenvalue weighted by Crippen LogP contribution is 2.39. The van der Waals surface area contributed by atoms with Gasteiger partial charge in [0.05, 0.1) is 13.2 Å². The number of likely N-dealkylation sites (tertiary alicyclic amines) is 1. The Morgan fingerprint density at radius 3 is 2.82 bits per heavy atom. The van der Waals surface area contributed by atoms with Crippen molar-refractivity contribution in [3.8, 4) is 23.0 Å². The number of hydrogen-bond donors (Lipinski definition) is 1. The van der Waals surface area contributed by atoms with Gasteiger partial charge >= 0.3 is 6.09 Å². The van der Waals surface area contributed by atoms with Gasteiger partial charge in [0, 0.05) is 17.6 Å². The summed E-state index contributed by atoms with van der Waals surface area (Å²) < 4.78 is 30.9. The SMILES string of the molecule is COc1cccc(F)c1Oc1cc(Cl)ccc1OC[C@@H]1CCCCN1C(=O)O. The molecule has 0 saturated carbocycles. The number of benzene rings is 2. The molecule has 1 amide bonds. The van der Waals surface area contributed by atoms with E-state index in [0.29, 0.717) is 17.3 Å². The lowest BCUT2D eigenvalue weighted by Gasteiger charge is -2.33. The van der Waals surface area contributed by atoms with E-state index in [1.54, 1.807) is 18.2 Å². The highest BCUT2D eigenvalue weighted by molar-refractivity contribution is 6.30. The van der Waals surface area contributed by atoms with Crippen LogP contribution in [0.4, 0.5) is 9.18 Å². The molecular formula is C20H21ClFNO5. The second-order valence-electron chi connectivity index (χ2n) is 6.40. The van der Waals surface area contributed by atoms with Crippen molar-refractivity contribution in [2.75, 3.05) is 20.3 Å². The number of piperidine rings is 1. The number of carbonyl (C=O) groups is 1. The van der Waals surface area contributed by atoms with E-state index in [9.17, 15) is 14.3 Å². The van der Waals surface area contributed by atoms with Crippen molar-refractivity contribution >= 4 is 17.7 Å². The van der Waals surface area contributed by atoms with E-state index in [1.165, 1.54) is 30.2 Å². The third-order valence-corrected chi connectivity index (χ3v) is 4.81. The number of methoxy groups -OCH3 is 1. The Morgan fingerprint density at radius 1 is 1.25 bits per heavy atom. The molecular weight excluding hydrogens is 389 g/mol. The van der Waals surface area contributed by atoms with Crippen LogP contribution in [-0.2, 0) is 0 Å². The van der Waals surface area contributed by atoms with E-state index in [4.69, 9.17) is 25.8 Å². The van der Waals surface area contributed by atoms with Crippen LogP contribution in [-0.4, -0.2) is 42.4 Å². The highest BCUT2D eigenvalue weighted by Gasteiger charge is 2.27. The van der Waals surface area contributed by atoms with Gasteiger partial charge in [-0.2, -0.15) is 0 Å². The Bertz CT molecular complexity index is 847. The summed E-state index contributed by atoms with van der Waals surface area (Å²) in [6.07, 6.45) is 1.54. The molecule has 28 heavy (non-hydrogen) atoms. The Balaban J connectivity index is 1.81. The molecule has 150 valence electrons. The second-order valence-corrected chi connectivity index (χ2v) is 6.84. The van der Waals surface area contributed by atoms with Gasteiger partial charge in [-0.1, -0.05) is 17.7 Å². The molecule has 1 fully saturated rings. The first-order chi connectivity index (χ1) is 13.5. The zero-order valence-corrected chi connectivity index (χ0v) is 16.1. The second kappa shape index (κ2) is 9.01. The van der Waals surface area contributed by atoms with Crippen LogP contribution in [0.2, 0.25) is 5.02 Å². The van der Waals surface area contributed by atoms with Gasteiger partial charge in [0.2, 0.25) is 5.75 Å². The van der Waals surface area contributed by atoms with Crippen LogP contribution in [0.15, 0.2) is 36.4 Å². The van der Waals surface area contributed by atoms with E-state index in [0.717, 1.165) is 19.3 Å². The van der Waals surface area contributed by atoms with E-state index in [2.05, 4.69) is 0 Å². The summed E-state index contributed by atoms with van der Waals surface area (Å²) in [5, 5.41) is 9.74. The van der Waals surface area contributed by atoms with Crippen LogP contribution >= 0.6 is 11.6 Å². The average molecular weight is 410 g/mol. The van der Waals surface area contributed by atoms with Gasteiger partial charge in [0.15, 0.2) is 23.1 Å². The molecule has 0 aliphatic carbocycles. The standard InChI is InChI=1S/C20H21ClFNO5/c1-26-17-7-4-6-15(22)19(17)28-18-11-13(21)8-9-16(18)27-12-14-5-2-3-10-23(14)20(24)25/h4,6-9,11,14H,2-3,5,10,12H2,1H3,(H,24,25)/t14-/m0/s1. The van der Waals surface area contributed by atoms with Gasteiger partial charge in [-0.05, 0) is 43.5 Å². The van der Waals surface area contributed by atoms with E-state index < -0.39 is 11.9 Å². The van der Waals surface area contributed by atoms with Crippen LogP contribution in [0.5, 0.6) is 23.0 Å². The van der Waals surface area contributed by atoms with Crippen molar-refractivity contribution in [3.05, 3.63) is 47.2 Å². The molecule has 0 spiro atoms. The molecule has 2 aromatic rings. The maximum Gasteiger partial charge on any atom is 0.407 e. The number of rotatable bonds is 6. The largest absolute Gasteiger partial charge is 0.493 e. The molecule has 1 saturated heterocycles. The number of hydrogen-bond acceptors (Lipinski definition) is 4. The van der Waals surface area contributed by atoms with Gasteiger partial charge in [-0.3, -0.25) is 0 Å². The van der Waals surface area contributed by atoms with Crippen LogP contribution < -0.4 is 14.2 Å². The first kappa shape index (κ1) is 20.1. The minimum atomic E-state index is -0.961. The molecule has 1 aliphatic heterocycles. The van der Waals surface area contributed by atoms with Gasteiger partial charge in [0.25, 0.3) is 0 Å². The summed E-state index contributed by atoms with van der Waals surface area (Å²) in [4.78, 5) is 12.8. The summed E-state index contributed by atoms with van der Waals surface area (Å²) >= 11 is 6.06. The van der Waals surface area contributed by atoms with Gasteiger partial charge < -0.3 is 24.2 Å². The van der Waals surface area contributed by atoms with Gasteiger partial charge in [0.1, 0.15) is 6.61 Å². The zero-order valence-electron chi connectivity index (χ0n) is 15.4. The fraction of sp³-hybridized carbons (Fsp3) is 0.350. The van der Waals surface area contributed by atoms with Crippen LogP contribution in [0.3, 0.4) is 0 Å². The quantitative estimate of drug-likeness (QED) is 0.710. The predicted molar refractivity (Wildman–Crippen MR) is 102 cm³/mol. The van der Waals surface area contributed by atoms with Crippen LogP contribution in [0, 0.1) is 5.82 Å². The van der Waals surface area contributed by atoms with E-state index in [1.807, 2.05) is 0 Å². The number of amides is 1. The molecule has 1 N–H and O–H groups in total. The Morgan fingerprint density at radius 2 is 2.07 bits per heavy atom. The highest BCUT2D eigenvalue weighted by atomic mass is 35.5. The number of nitrogens with zero attached hydrogens (tertiary/aromatic N) is 1. The molecule has 0 aromatic heterocycles. The van der Waals surface area contributed by atoms with E-state index in [-0.39, 0.29) is 29.9 Å². The monoisotopic (exact) mass is 409 g/mol. The number of halogens is 2. The maximum absolute atomic E-state index is 14.2. The van der Waals surface area contributed by atoms with Crippen LogP contribution in [0.25, 0.3) is 0 Å². The number of carboxylic acid groups (broad SMARTS) is 1. The lowest BCUT2D eigenvalue weighted by Crippen LogP contribution is -2.46. The van der Waals surface area contributed by atoms with Crippen molar-refractivity contribution in [2.45, 2.75) is 25.3 Å². The van der Waals surface area contributed by atoms with Crippen molar-refractivity contribution in [1.82, 2.24) is 4.90 Å². The van der Waals surface area contributed by atoms with Crippen molar-refractivity contribution in [1.29, 1.82) is 0 Å². The fourth-order valence-corrected chi connectivity index (χ4v) is 3.31. The normalized spacial score (nSPS) is 16.5. The summed E-state index contributed by atoms with van der Waals surface area (Å²) in [6, 6.07) is 8.85. The lowest BCUT2D eigenvalue weighted by atomic mass is 10.0. The molecule has 0 bridgehead atoms.